The van der Waals surface area contributed by atoms with Gasteiger partial charge in [0.1, 0.15) is 22.9 Å². The SMILES string of the molecule is COC(=O)c1c(F)cc(Oc2cc3c(cc2OC)CCN[C@]3(C)CC(=O)Nc2nccs2)cc1F. The zero-order chi connectivity index (χ0) is 25.2. The molecule has 0 bridgehead atoms. The first-order valence-corrected chi connectivity index (χ1v) is 11.5. The molecule has 184 valence electrons. The van der Waals surface area contributed by atoms with Crippen molar-refractivity contribution in [2.24, 2.45) is 0 Å². The summed E-state index contributed by atoms with van der Waals surface area (Å²) >= 11 is 1.32. The van der Waals surface area contributed by atoms with Crippen molar-refractivity contribution >= 4 is 28.3 Å². The van der Waals surface area contributed by atoms with Gasteiger partial charge in [0.2, 0.25) is 5.91 Å². The molecular weight excluding hydrogens is 480 g/mol. The lowest BCUT2D eigenvalue weighted by Crippen LogP contribution is -2.47. The largest absolute Gasteiger partial charge is 0.493 e. The molecule has 0 saturated heterocycles. The number of halogens is 2. The maximum atomic E-state index is 14.4. The molecule has 0 radical (unpaired) electrons. The number of aromatic nitrogens is 1. The summed E-state index contributed by atoms with van der Waals surface area (Å²) in [7, 11) is 2.49. The second-order valence-electron chi connectivity index (χ2n) is 8.09. The van der Waals surface area contributed by atoms with Gasteiger partial charge >= 0.3 is 5.97 Å². The second kappa shape index (κ2) is 9.96. The van der Waals surface area contributed by atoms with Crippen LogP contribution in [0.2, 0.25) is 0 Å². The smallest absolute Gasteiger partial charge is 0.343 e. The number of esters is 1. The summed E-state index contributed by atoms with van der Waals surface area (Å²) in [5, 5.41) is 8.45. The number of amides is 1. The highest BCUT2D eigenvalue weighted by atomic mass is 32.1. The lowest BCUT2D eigenvalue weighted by atomic mass is 9.81. The van der Waals surface area contributed by atoms with Crippen LogP contribution in [-0.4, -0.2) is 37.6 Å². The van der Waals surface area contributed by atoms with E-state index in [-0.39, 0.29) is 23.8 Å². The van der Waals surface area contributed by atoms with Crippen LogP contribution in [-0.2, 0) is 21.5 Å². The van der Waals surface area contributed by atoms with Crippen molar-refractivity contribution in [3.63, 3.8) is 0 Å². The molecule has 3 aromatic rings. The van der Waals surface area contributed by atoms with E-state index >= 15 is 0 Å². The average molecular weight is 504 g/mol. The standard InChI is InChI=1S/C24H23F2N3O5S/c1-24(12-20(30)29-23-27-6-7-35-23)15-11-19(18(32-2)8-13(15)4-5-28-24)34-14-9-16(25)21(17(26)10-14)22(31)33-3/h6-11,28H,4-5,12H2,1-3H3,(H,27,29,30)/t24-/m1/s1. The summed E-state index contributed by atoms with van der Waals surface area (Å²) in [6.07, 6.45) is 2.41. The predicted molar refractivity (Wildman–Crippen MR) is 125 cm³/mol. The molecule has 1 aliphatic rings. The Bertz CT molecular complexity index is 1250. The minimum atomic E-state index is -1.13. The van der Waals surface area contributed by atoms with Crippen molar-refractivity contribution in [1.29, 1.82) is 0 Å². The highest BCUT2D eigenvalue weighted by Crippen LogP contribution is 2.41. The van der Waals surface area contributed by atoms with Crippen molar-refractivity contribution in [2.45, 2.75) is 25.3 Å². The van der Waals surface area contributed by atoms with Gasteiger partial charge < -0.3 is 24.8 Å². The van der Waals surface area contributed by atoms with E-state index in [2.05, 4.69) is 20.4 Å². The number of carbonyl (C=O) groups is 2. The van der Waals surface area contributed by atoms with Crippen LogP contribution < -0.4 is 20.1 Å². The van der Waals surface area contributed by atoms with Gasteiger partial charge in [0, 0.05) is 42.2 Å². The summed E-state index contributed by atoms with van der Waals surface area (Å²) in [5.41, 5.74) is 0.196. The molecule has 8 nitrogen and oxygen atoms in total. The summed E-state index contributed by atoms with van der Waals surface area (Å²) in [5.74, 6) is -3.19. The number of hydrogen-bond acceptors (Lipinski definition) is 8. The summed E-state index contributed by atoms with van der Waals surface area (Å²) in [4.78, 5) is 28.4. The van der Waals surface area contributed by atoms with Crippen molar-refractivity contribution < 1.29 is 32.6 Å². The van der Waals surface area contributed by atoms with Crippen molar-refractivity contribution in [3.8, 4) is 17.2 Å². The average Bonchev–Trinajstić information content (AvgIpc) is 3.31. The number of benzene rings is 2. The fraction of sp³-hybridized carbons (Fsp3) is 0.292. The lowest BCUT2D eigenvalue weighted by molar-refractivity contribution is -0.117. The molecule has 1 aromatic heterocycles. The van der Waals surface area contributed by atoms with Gasteiger partial charge in [-0.05, 0) is 36.6 Å². The van der Waals surface area contributed by atoms with Gasteiger partial charge in [0.25, 0.3) is 0 Å². The van der Waals surface area contributed by atoms with Gasteiger partial charge in [0.15, 0.2) is 16.6 Å². The van der Waals surface area contributed by atoms with E-state index in [0.717, 1.165) is 30.4 Å². The molecule has 4 rings (SSSR count). The third-order valence-corrected chi connectivity index (χ3v) is 6.41. The third-order valence-electron chi connectivity index (χ3n) is 5.72. The molecule has 0 spiro atoms. The number of thiazole rings is 1. The van der Waals surface area contributed by atoms with E-state index in [1.807, 2.05) is 6.92 Å². The molecule has 0 saturated carbocycles. The molecule has 11 heteroatoms. The molecule has 1 amide bonds. The van der Waals surface area contributed by atoms with Crippen LogP contribution in [0.15, 0.2) is 35.8 Å². The van der Waals surface area contributed by atoms with E-state index in [4.69, 9.17) is 9.47 Å². The van der Waals surface area contributed by atoms with Crippen LogP contribution in [0, 0.1) is 11.6 Å². The summed E-state index contributed by atoms with van der Waals surface area (Å²) in [6.45, 7) is 2.54. The number of fused-ring (bicyclic) bond motifs is 1. The zero-order valence-corrected chi connectivity index (χ0v) is 20.1. The minimum Gasteiger partial charge on any atom is -0.493 e. The van der Waals surface area contributed by atoms with Gasteiger partial charge in [-0.2, -0.15) is 0 Å². The van der Waals surface area contributed by atoms with Crippen LogP contribution >= 0.6 is 11.3 Å². The monoisotopic (exact) mass is 503 g/mol. The highest BCUT2D eigenvalue weighted by Gasteiger charge is 2.35. The Morgan fingerprint density at radius 1 is 1.17 bits per heavy atom. The Morgan fingerprint density at radius 3 is 2.54 bits per heavy atom. The predicted octanol–water partition coefficient (Wildman–Crippen LogP) is 4.40. The number of rotatable bonds is 7. The van der Waals surface area contributed by atoms with Gasteiger partial charge in [0.05, 0.1) is 14.2 Å². The quantitative estimate of drug-likeness (QED) is 0.461. The molecule has 35 heavy (non-hydrogen) atoms. The van der Waals surface area contributed by atoms with Gasteiger partial charge in [-0.1, -0.05) is 0 Å². The Morgan fingerprint density at radius 2 is 1.91 bits per heavy atom. The number of carbonyl (C=O) groups excluding carboxylic acids is 2. The summed E-state index contributed by atoms with van der Waals surface area (Å²) < 4.78 is 44.5. The minimum absolute atomic E-state index is 0.114. The molecule has 2 aromatic carbocycles. The number of nitrogens with zero attached hydrogens (tertiary/aromatic N) is 1. The first kappa shape index (κ1) is 24.6. The van der Waals surface area contributed by atoms with Gasteiger partial charge in [-0.25, -0.2) is 18.6 Å². The van der Waals surface area contributed by atoms with E-state index in [9.17, 15) is 18.4 Å². The molecule has 0 fully saturated rings. The van der Waals surface area contributed by atoms with Crippen molar-refractivity contribution in [3.05, 3.63) is 64.2 Å². The third kappa shape index (κ3) is 5.10. The maximum absolute atomic E-state index is 14.4. The molecule has 0 unspecified atom stereocenters. The van der Waals surface area contributed by atoms with Crippen molar-refractivity contribution in [2.75, 3.05) is 26.1 Å². The van der Waals surface area contributed by atoms with E-state index < -0.39 is 28.7 Å². The molecule has 1 aliphatic heterocycles. The summed E-state index contributed by atoms with van der Waals surface area (Å²) in [6, 6.07) is 5.28. The second-order valence-corrected chi connectivity index (χ2v) is 8.98. The molecule has 0 aliphatic carbocycles. The number of hydrogen-bond donors (Lipinski definition) is 2. The van der Waals surface area contributed by atoms with Crippen LogP contribution in [0.25, 0.3) is 0 Å². The van der Waals surface area contributed by atoms with Gasteiger partial charge in [-0.3, -0.25) is 4.79 Å². The maximum Gasteiger partial charge on any atom is 0.343 e. The van der Waals surface area contributed by atoms with Gasteiger partial charge in [-0.15, -0.1) is 11.3 Å². The molecule has 2 heterocycles. The first-order chi connectivity index (χ1) is 16.7. The Balaban J connectivity index is 1.66. The zero-order valence-electron chi connectivity index (χ0n) is 19.2. The number of methoxy groups -OCH3 is 2. The van der Waals surface area contributed by atoms with E-state index in [1.165, 1.54) is 18.4 Å². The van der Waals surface area contributed by atoms with Crippen molar-refractivity contribution in [1.82, 2.24) is 10.3 Å². The van der Waals surface area contributed by atoms with Crippen LogP contribution in [0.3, 0.4) is 0 Å². The fourth-order valence-corrected chi connectivity index (χ4v) is 4.64. The van der Waals surface area contributed by atoms with Crippen LogP contribution in [0.5, 0.6) is 17.2 Å². The number of anilines is 1. The first-order valence-electron chi connectivity index (χ1n) is 10.6. The number of ether oxygens (including phenoxy) is 3. The molecule has 1 atom stereocenters. The molecule has 2 N–H and O–H groups in total. The Hall–Kier alpha value is -3.57. The van der Waals surface area contributed by atoms with Crippen LogP contribution in [0.4, 0.5) is 13.9 Å². The Labute approximate surface area is 204 Å². The Kier molecular flexibility index (Phi) is 6.99. The fourth-order valence-electron chi connectivity index (χ4n) is 4.09. The normalized spacial score (nSPS) is 16.8. The van der Waals surface area contributed by atoms with Crippen LogP contribution in [0.1, 0.15) is 34.8 Å². The lowest BCUT2D eigenvalue weighted by Gasteiger charge is -2.37. The number of nitrogens with one attached hydrogen (secondary N) is 2. The van der Waals surface area contributed by atoms with E-state index in [1.54, 1.807) is 23.7 Å². The van der Waals surface area contributed by atoms with E-state index in [0.29, 0.717) is 23.8 Å². The topological polar surface area (TPSA) is 98.8 Å². The molecular formula is C24H23F2N3O5S. The highest BCUT2D eigenvalue weighted by molar-refractivity contribution is 7.13.